The normalized spacial score (nSPS) is 16.9. The number of halogens is 4. The van der Waals surface area contributed by atoms with E-state index in [0.717, 1.165) is 31.4 Å². The smallest absolute Gasteiger partial charge is 0.416 e. The molecule has 1 aromatic carbocycles. The van der Waals surface area contributed by atoms with E-state index in [1.807, 2.05) is 0 Å². The summed E-state index contributed by atoms with van der Waals surface area (Å²) in [5.41, 5.74) is 4.56. The third-order valence-electron chi connectivity index (χ3n) is 4.40. The molecule has 0 radical (unpaired) electrons. The van der Waals surface area contributed by atoms with Crippen molar-refractivity contribution in [2.24, 2.45) is 5.73 Å². The molecular weight excluding hydrogens is 399 g/mol. The van der Waals surface area contributed by atoms with Gasteiger partial charge in [0.05, 0.1) is 5.56 Å². The summed E-state index contributed by atoms with van der Waals surface area (Å²) in [6.45, 7) is 0.913. The Morgan fingerprint density at radius 3 is 2.50 bits per heavy atom. The van der Waals surface area contributed by atoms with Crippen LogP contribution in [-0.4, -0.2) is 49.0 Å². The van der Waals surface area contributed by atoms with Gasteiger partial charge in [-0.25, -0.2) is 0 Å². The predicted octanol–water partition coefficient (Wildman–Crippen LogP) is 2.35. The number of hydrogen-bond acceptors (Lipinski definition) is 4. The molecule has 1 aromatic rings. The SMILES string of the molecule is Cl.NCCC(=O)NCC1CCCCN1C(=O)COc1ccc(C(F)(F)F)cc1. The van der Waals surface area contributed by atoms with E-state index in [1.165, 1.54) is 12.1 Å². The first-order valence-corrected chi connectivity index (χ1v) is 8.87. The Morgan fingerprint density at radius 2 is 1.89 bits per heavy atom. The number of carbonyl (C=O) groups excluding carboxylic acids is 2. The van der Waals surface area contributed by atoms with Crippen LogP contribution < -0.4 is 15.8 Å². The van der Waals surface area contributed by atoms with Crippen LogP contribution in [0.15, 0.2) is 24.3 Å². The maximum atomic E-state index is 12.6. The fraction of sp³-hybridized carbons (Fsp3) is 0.556. The summed E-state index contributed by atoms with van der Waals surface area (Å²) in [6.07, 6.45) is -1.59. The van der Waals surface area contributed by atoms with Crippen LogP contribution in [-0.2, 0) is 15.8 Å². The molecule has 1 heterocycles. The number of nitrogens with zero attached hydrogens (tertiary/aromatic N) is 1. The Balaban J connectivity index is 0.00000392. The average molecular weight is 424 g/mol. The third kappa shape index (κ3) is 7.20. The standard InChI is InChI=1S/C18H24F3N3O3.ClH/c19-18(20,21)13-4-6-15(7-5-13)27-12-17(26)24-10-2-1-3-14(24)11-23-16(25)8-9-22;/h4-7,14H,1-3,8-12,22H2,(H,23,25);1H. The number of alkyl halides is 3. The summed E-state index contributed by atoms with van der Waals surface area (Å²) < 4.78 is 43.0. The minimum atomic E-state index is -4.41. The van der Waals surface area contributed by atoms with E-state index in [9.17, 15) is 22.8 Å². The summed E-state index contributed by atoms with van der Waals surface area (Å²) in [7, 11) is 0. The number of benzene rings is 1. The summed E-state index contributed by atoms with van der Waals surface area (Å²) in [6, 6.07) is 4.09. The second kappa shape index (κ2) is 11.1. The second-order valence-electron chi connectivity index (χ2n) is 6.39. The van der Waals surface area contributed by atoms with Gasteiger partial charge in [-0.15, -0.1) is 12.4 Å². The lowest BCUT2D eigenvalue weighted by molar-refractivity contribution is -0.138. The van der Waals surface area contributed by atoms with Crippen LogP contribution in [0.1, 0.15) is 31.2 Å². The maximum Gasteiger partial charge on any atom is 0.416 e. The van der Waals surface area contributed by atoms with Crippen molar-refractivity contribution in [3.05, 3.63) is 29.8 Å². The van der Waals surface area contributed by atoms with Crippen LogP contribution in [0.3, 0.4) is 0 Å². The van der Waals surface area contributed by atoms with E-state index in [-0.39, 0.29) is 55.6 Å². The molecule has 2 rings (SSSR count). The van der Waals surface area contributed by atoms with Crippen LogP contribution in [0.25, 0.3) is 0 Å². The molecule has 0 saturated carbocycles. The van der Waals surface area contributed by atoms with Gasteiger partial charge in [0.15, 0.2) is 6.61 Å². The van der Waals surface area contributed by atoms with Crippen molar-refractivity contribution in [2.75, 3.05) is 26.2 Å². The molecule has 0 spiro atoms. The van der Waals surface area contributed by atoms with E-state index in [0.29, 0.717) is 13.1 Å². The molecule has 1 aliphatic rings. The van der Waals surface area contributed by atoms with Crippen molar-refractivity contribution in [1.82, 2.24) is 10.2 Å². The van der Waals surface area contributed by atoms with Gasteiger partial charge in [0.25, 0.3) is 5.91 Å². The molecule has 28 heavy (non-hydrogen) atoms. The highest BCUT2D eigenvalue weighted by molar-refractivity contribution is 5.85. The minimum absolute atomic E-state index is 0. The highest BCUT2D eigenvalue weighted by Gasteiger charge is 2.30. The summed E-state index contributed by atoms with van der Waals surface area (Å²) in [5.74, 6) is -0.217. The lowest BCUT2D eigenvalue weighted by Gasteiger charge is -2.35. The Labute approximate surface area is 168 Å². The molecule has 6 nitrogen and oxygen atoms in total. The predicted molar refractivity (Wildman–Crippen MR) is 100 cm³/mol. The molecule has 0 aliphatic carbocycles. The average Bonchev–Trinajstić information content (AvgIpc) is 2.64. The molecule has 1 unspecified atom stereocenters. The number of hydrogen-bond donors (Lipinski definition) is 2. The van der Waals surface area contributed by atoms with Gasteiger partial charge in [-0.3, -0.25) is 9.59 Å². The number of nitrogens with two attached hydrogens (primary N) is 1. The number of likely N-dealkylation sites (tertiary alicyclic amines) is 1. The number of ether oxygens (including phenoxy) is 1. The fourth-order valence-electron chi connectivity index (χ4n) is 2.96. The number of amides is 2. The summed E-state index contributed by atoms with van der Waals surface area (Å²) in [5, 5.41) is 2.77. The van der Waals surface area contributed by atoms with E-state index < -0.39 is 11.7 Å². The van der Waals surface area contributed by atoms with Gasteiger partial charge in [0.1, 0.15) is 5.75 Å². The highest BCUT2D eigenvalue weighted by atomic mass is 35.5. The highest BCUT2D eigenvalue weighted by Crippen LogP contribution is 2.30. The third-order valence-corrected chi connectivity index (χ3v) is 4.40. The van der Waals surface area contributed by atoms with Gasteiger partial charge in [-0.1, -0.05) is 0 Å². The van der Waals surface area contributed by atoms with Crippen LogP contribution in [0.2, 0.25) is 0 Å². The Hall–Kier alpha value is -2.00. The van der Waals surface area contributed by atoms with Crippen LogP contribution >= 0.6 is 12.4 Å². The van der Waals surface area contributed by atoms with Crippen molar-refractivity contribution < 1.29 is 27.5 Å². The monoisotopic (exact) mass is 423 g/mol. The van der Waals surface area contributed by atoms with Crippen molar-refractivity contribution in [3.8, 4) is 5.75 Å². The molecule has 1 fully saturated rings. The summed E-state index contributed by atoms with van der Waals surface area (Å²) in [4.78, 5) is 25.7. The maximum absolute atomic E-state index is 12.6. The first-order chi connectivity index (χ1) is 12.8. The largest absolute Gasteiger partial charge is 0.484 e. The number of nitrogens with one attached hydrogen (secondary N) is 1. The molecule has 0 bridgehead atoms. The van der Waals surface area contributed by atoms with E-state index in [1.54, 1.807) is 4.90 Å². The fourth-order valence-corrected chi connectivity index (χ4v) is 2.96. The first-order valence-electron chi connectivity index (χ1n) is 8.87. The Bertz CT molecular complexity index is 641. The number of carbonyl (C=O) groups is 2. The molecule has 1 aliphatic heterocycles. The molecule has 10 heteroatoms. The van der Waals surface area contributed by atoms with Crippen molar-refractivity contribution >= 4 is 24.2 Å². The minimum Gasteiger partial charge on any atom is -0.484 e. The zero-order chi connectivity index (χ0) is 19.9. The topological polar surface area (TPSA) is 84.7 Å². The van der Waals surface area contributed by atoms with Crippen molar-refractivity contribution in [3.63, 3.8) is 0 Å². The lowest BCUT2D eigenvalue weighted by atomic mass is 10.0. The van der Waals surface area contributed by atoms with Crippen LogP contribution in [0.4, 0.5) is 13.2 Å². The zero-order valence-electron chi connectivity index (χ0n) is 15.3. The van der Waals surface area contributed by atoms with Crippen LogP contribution in [0.5, 0.6) is 5.75 Å². The van der Waals surface area contributed by atoms with Crippen molar-refractivity contribution in [2.45, 2.75) is 37.9 Å². The second-order valence-corrected chi connectivity index (χ2v) is 6.39. The zero-order valence-corrected chi connectivity index (χ0v) is 16.2. The Kier molecular flexibility index (Phi) is 9.54. The first kappa shape index (κ1) is 24.0. The van der Waals surface area contributed by atoms with Crippen LogP contribution in [0, 0.1) is 0 Å². The molecule has 2 amide bonds. The van der Waals surface area contributed by atoms with E-state index in [2.05, 4.69) is 5.32 Å². The number of piperidine rings is 1. The molecule has 1 atom stereocenters. The molecular formula is C18H25ClF3N3O3. The van der Waals surface area contributed by atoms with E-state index in [4.69, 9.17) is 10.5 Å². The van der Waals surface area contributed by atoms with Gasteiger partial charge >= 0.3 is 6.18 Å². The van der Waals surface area contributed by atoms with Gasteiger partial charge < -0.3 is 20.7 Å². The molecule has 1 saturated heterocycles. The van der Waals surface area contributed by atoms with E-state index >= 15 is 0 Å². The van der Waals surface area contributed by atoms with Gasteiger partial charge in [0, 0.05) is 32.1 Å². The number of rotatable bonds is 7. The molecule has 0 aromatic heterocycles. The lowest BCUT2D eigenvalue weighted by Crippen LogP contribution is -2.50. The molecule has 3 N–H and O–H groups in total. The Morgan fingerprint density at radius 1 is 1.21 bits per heavy atom. The quantitative estimate of drug-likeness (QED) is 0.705. The van der Waals surface area contributed by atoms with Crippen molar-refractivity contribution in [1.29, 1.82) is 0 Å². The van der Waals surface area contributed by atoms with Gasteiger partial charge in [-0.2, -0.15) is 13.2 Å². The summed E-state index contributed by atoms with van der Waals surface area (Å²) >= 11 is 0. The van der Waals surface area contributed by atoms with Gasteiger partial charge in [-0.05, 0) is 43.5 Å². The van der Waals surface area contributed by atoms with Gasteiger partial charge in [0.2, 0.25) is 5.91 Å². The molecule has 158 valence electrons.